The first-order valence-corrected chi connectivity index (χ1v) is 11.4. The third kappa shape index (κ3) is 19.7. The van der Waals surface area contributed by atoms with E-state index in [0.29, 0.717) is 0 Å². The highest BCUT2D eigenvalue weighted by atomic mass is 16.3. The molecule has 0 rings (SSSR count). The van der Waals surface area contributed by atoms with Crippen LogP contribution in [0.25, 0.3) is 0 Å². The zero-order valence-corrected chi connectivity index (χ0v) is 17.5. The van der Waals surface area contributed by atoms with Crippen LogP contribution in [0.2, 0.25) is 0 Å². The molecule has 0 saturated heterocycles. The molecule has 1 nitrogen and oxygen atoms in total. The minimum atomic E-state index is 0.217. The Bertz CT molecular complexity index is 299. The maximum Gasteiger partial charge on any atom is 0.0568 e. The molecule has 0 saturated carbocycles. The summed E-state index contributed by atoms with van der Waals surface area (Å²) in [6.07, 6.45) is 23.8. The summed E-state index contributed by atoms with van der Waals surface area (Å²) in [4.78, 5) is 0. The molecule has 1 unspecified atom stereocenters. The molecule has 0 aromatic rings. The summed E-state index contributed by atoms with van der Waals surface area (Å²) in [5.74, 6) is 6.84. The second kappa shape index (κ2) is 21.6. The first-order chi connectivity index (χ1) is 12.3. The summed E-state index contributed by atoms with van der Waals surface area (Å²) in [7, 11) is 0. The van der Waals surface area contributed by atoms with Crippen molar-refractivity contribution in [1.82, 2.24) is 0 Å². The van der Waals surface area contributed by atoms with E-state index in [4.69, 9.17) is 0 Å². The Morgan fingerprint density at radius 1 is 0.600 bits per heavy atom. The summed E-state index contributed by atoms with van der Waals surface area (Å²) in [6.45, 7) is 4.78. The normalized spacial score (nSPS) is 12.0. The van der Waals surface area contributed by atoms with E-state index in [0.717, 1.165) is 12.8 Å². The molecule has 0 aliphatic rings. The van der Waals surface area contributed by atoms with E-state index in [1.807, 2.05) is 0 Å². The molecule has 0 fully saturated rings. The van der Waals surface area contributed by atoms with Crippen LogP contribution in [0.4, 0.5) is 0 Å². The van der Waals surface area contributed by atoms with Gasteiger partial charge in [0.1, 0.15) is 0 Å². The van der Waals surface area contributed by atoms with Crippen molar-refractivity contribution in [2.24, 2.45) is 5.92 Å². The molecule has 0 aromatic carbocycles. The molecular weight excluding hydrogens is 304 g/mol. The highest BCUT2D eigenvalue weighted by molar-refractivity contribution is 5.03. The summed E-state index contributed by atoms with van der Waals surface area (Å²) >= 11 is 0. The number of hydrogen-bond donors (Lipinski definition) is 1. The van der Waals surface area contributed by atoms with Crippen molar-refractivity contribution in [2.75, 3.05) is 6.61 Å². The first-order valence-electron chi connectivity index (χ1n) is 11.4. The summed E-state index contributed by atoms with van der Waals surface area (Å²) in [5.41, 5.74) is 0. The topological polar surface area (TPSA) is 20.2 Å². The van der Waals surface area contributed by atoms with E-state index in [-0.39, 0.29) is 12.5 Å². The number of aliphatic hydroxyl groups is 1. The molecule has 0 amide bonds. The van der Waals surface area contributed by atoms with Gasteiger partial charge in [-0.3, -0.25) is 0 Å². The van der Waals surface area contributed by atoms with E-state index in [9.17, 15) is 5.11 Å². The van der Waals surface area contributed by atoms with Crippen LogP contribution in [0.3, 0.4) is 0 Å². The average molecular weight is 351 g/mol. The highest BCUT2D eigenvalue weighted by Gasteiger charge is 2.02. The van der Waals surface area contributed by atoms with Crippen molar-refractivity contribution in [1.29, 1.82) is 0 Å². The number of aliphatic hydroxyl groups excluding tert-OH is 1. The van der Waals surface area contributed by atoms with Gasteiger partial charge in [0.25, 0.3) is 0 Å². The van der Waals surface area contributed by atoms with E-state index >= 15 is 0 Å². The Morgan fingerprint density at radius 2 is 1.04 bits per heavy atom. The van der Waals surface area contributed by atoms with Gasteiger partial charge in [0.15, 0.2) is 0 Å². The van der Waals surface area contributed by atoms with Crippen LogP contribution < -0.4 is 0 Å². The number of rotatable bonds is 18. The van der Waals surface area contributed by atoms with Gasteiger partial charge in [-0.15, -0.1) is 5.92 Å². The molecule has 25 heavy (non-hydrogen) atoms. The molecule has 0 heterocycles. The average Bonchev–Trinajstić information content (AvgIpc) is 2.63. The fourth-order valence-electron chi connectivity index (χ4n) is 3.30. The molecule has 148 valence electrons. The van der Waals surface area contributed by atoms with Gasteiger partial charge in [0, 0.05) is 12.3 Å². The molecule has 0 spiro atoms. The highest BCUT2D eigenvalue weighted by Crippen LogP contribution is 2.13. The Hall–Kier alpha value is -0.480. The smallest absolute Gasteiger partial charge is 0.0568 e. The lowest BCUT2D eigenvalue weighted by atomic mass is 10.0. The van der Waals surface area contributed by atoms with Gasteiger partial charge >= 0.3 is 0 Å². The molecule has 0 aliphatic carbocycles. The van der Waals surface area contributed by atoms with Crippen LogP contribution in [0.1, 0.15) is 129 Å². The predicted octanol–water partition coefficient (Wildman–Crippen LogP) is 7.66. The molecule has 0 aromatic heterocycles. The molecule has 0 bridgehead atoms. The quantitative estimate of drug-likeness (QED) is 0.199. The Balaban J connectivity index is 3.44. The van der Waals surface area contributed by atoms with Crippen molar-refractivity contribution in [3.05, 3.63) is 0 Å². The monoisotopic (exact) mass is 350 g/mol. The zero-order valence-electron chi connectivity index (χ0n) is 17.5. The Labute approximate surface area is 159 Å². The molecule has 1 atom stereocenters. The van der Waals surface area contributed by atoms with Crippen molar-refractivity contribution in [3.8, 4) is 11.8 Å². The largest absolute Gasteiger partial charge is 0.395 e. The SMILES string of the molecule is CCCCCCCCCCC#CC(CO)CCCCCCCCCC. The molecule has 0 aliphatic heterocycles. The second-order valence-electron chi connectivity index (χ2n) is 7.69. The Morgan fingerprint density at radius 3 is 1.52 bits per heavy atom. The van der Waals surface area contributed by atoms with Gasteiger partial charge in [0.2, 0.25) is 0 Å². The van der Waals surface area contributed by atoms with E-state index in [2.05, 4.69) is 25.7 Å². The minimum absolute atomic E-state index is 0.217. The van der Waals surface area contributed by atoms with E-state index in [1.165, 1.54) is 103 Å². The summed E-state index contributed by atoms with van der Waals surface area (Å²) in [6, 6.07) is 0. The van der Waals surface area contributed by atoms with Crippen LogP contribution in [-0.4, -0.2) is 11.7 Å². The molecular formula is C24H46O. The van der Waals surface area contributed by atoms with Gasteiger partial charge < -0.3 is 5.11 Å². The summed E-state index contributed by atoms with van der Waals surface area (Å²) < 4.78 is 0. The van der Waals surface area contributed by atoms with E-state index in [1.54, 1.807) is 0 Å². The Kier molecular flexibility index (Phi) is 21.1. The van der Waals surface area contributed by atoms with E-state index < -0.39 is 0 Å². The number of unbranched alkanes of at least 4 members (excludes halogenated alkanes) is 15. The molecule has 0 radical (unpaired) electrons. The second-order valence-corrected chi connectivity index (χ2v) is 7.69. The lowest BCUT2D eigenvalue weighted by molar-refractivity contribution is 0.248. The van der Waals surface area contributed by atoms with Crippen LogP contribution in [0.15, 0.2) is 0 Å². The lowest BCUT2D eigenvalue weighted by Crippen LogP contribution is -2.03. The lowest BCUT2D eigenvalue weighted by Gasteiger charge is -2.07. The molecule has 1 N–H and O–H groups in total. The third-order valence-corrected chi connectivity index (χ3v) is 5.09. The van der Waals surface area contributed by atoms with Crippen molar-refractivity contribution in [3.63, 3.8) is 0 Å². The predicted molar refractivity (Wildman–Crippen MR) is 113 cm³/mol. The van der Waals surface area contributed by atoms with Crippen LogP contribution in [-0.2, 0) is 0 Å². The van der Waals surface area contributed by atoms with Gasteiger partial charge in [0.05, 0.1) is 6.61 Å². The first kappa shape index (κ1) is 24.5. The van der Waals surface area contributed by atoms with Gasteiger partial charge in [-0.2, -0.15) is 0 Å². The maximum atomic E-state index is 9.47. The maximum absolute atomic E-state index is 9.47. The van der Waals surface area contributed by atoms with Crippen LogP contribution >= 0.6 is 0 Å². The third-order valence-electron chi connectivity index (χ3n) is 5.09. The fourth-order valence-corrected chi connectivity index (χ4v) is 3.30. The van der Waals surface area contributed by atoms with Gasteiger partial charge in [-0.25, -0.2) is 0 Å². The molecule has 1 heteroatoms. The number of hydrogen-bond acceptors (Lipinski definition) is 1. The summed E-state index contributed by atoms with van der Waals surface area (Å²) in [5, 5.41) is 9.47. The van der Waals surface area contributed by atoms with Crippen LogP contribution in [0, 0.1) is 17.8 Å². The zero-order chi connectivity index (χ0) is 18.4. The standard InChI is InChI=1S/C24H46O/c1-3-5-7-9-11-13-14-16-18-20-22-24(23-25)21-19-17-15-12-10-8-6-4-2/h24-25H,3-19,21,23H2,1-2H3. The minimum Gasteiger partial charge on any atom is -0.395 e. The van der Waals surface area contributed by atoms with Crippen molar-refractivity contribution >= 4 is 0 Å². The fraction of sp³-hybridized carbons (Fsp3) is 0.917. The van der Waals surface area contributed by atoms with Crippen LogP contribution in [0.5, 0.6) is 0 Å². The van der Waals surface area contributed by atoms with Gasteiger partial charge in [-0.05, 0) is 12.8 Å². The van der Waals surface area contributed by atoms with Crippen molar-refractivity contribution in [2.45, 2.75) is 129 Å². The van der Waals surface area contributed by atoms with Gasteiger partial charge in [-0.1, -0.05) is 116 Å². The van der Waals surface area contributed by atoms with Crippen molar-refractivity contribution < 1.29 is 5.11 Å².